The lowest BCUT2D eigenvalue weighted by Crippen LogP contribution is -2.46. The van der Waals surface area contributed by atoms with E-state index in [0.29, 0.717) is 0 Å². The molecule has 0 saturated carbocycles. The summed E-state index contributed by atoms with van der Waals surface area (Å²) in [6.07, 6.45) is 3.38. The van der Waals surface area contributed by atoms with Crippen LogP contribution < -0.4 is 10.1 Å². The van der Waals surface area contributed by atoms with Crippen LogP contribution in [0, 0.1) is 6.92 Å². The van der Waals surface area contributed by atoms with Gasteiger partial charge in [0.2, 0.25) is 0 Å². The highest BCUT2D eigenvalue weighted by molar-refractivity contribution is 5.46. The highest BCUT2D eigenvalue weighted by Gasteiger charge is 2.33. The molecule has 0 saturated heterocycles. The van der Waals surface area contributed by atoms with Crippen molar-refractivity contribution < 1.29 is 4.74 Å². The van der Waals surface area contributed by atoms with Crippen LogP contribution in [0.4, 0.5) is 0 Å². The van der Waals surface area contributed by atoms with Crippen molar-refractivity contribution in [2.75, 3.05) is 13.7 Å². The van der Waals surface area contributed by atoms with Gasteiger partial charge >= 0.3 is 0 Å². The van der Waals surface area contributed by atoms with Gasteiger partial charge in [0.15, 0.2) is 0 Å². The van der Waals surface area contributed by atoms with Gasteiger partial charge in [-0.1, -0.05) is 19.9 Å². The third-order valence-corrected chi connectivity index (χ3v) is 4.20. The van der Waals surface area contributed by atoms with Gasteiger partial charge in [-0.2, -0.15) is 0 Å². The summed E-state index contributed by atoms with van der Waals surface area (Å²) in [5, 5.41) is 3.70. The first-order valence-electron chi connectivity index (χ1n) is 6.60. The Morgan fingerprint density at radius 3 is 2.59 bits per heavy atom. The third kappa shape index (κ3) is 1.95. The fraction of sp³-hybridized carbons (Fsp3) is 0.600. The van der Waals surface area contributed by atoms with Gasteiger partial charge in [0, 0.05) is 12.1 Å². The zero-order valence-corrected chi connectivity index (χ0v) is 11.4. The Morgan fingerprint density at radius 2 is 2.00 bits per heavy atom. The molecule has 1 aromatic carbocycles. The van der Waals surface area contributed by atoms with Gasteiger partial charge in [0.25, 0.3) is 0 Å². The van der Waals surface area contributed by atoms with Gasteiger partial charge in [-0.3, -0.25) is 0 Å². The summed E-state index contributed by atoms with van der Waals surface area (Å²) in [5.74, 6) is 1.01. The van der Waals surface area contributed by atoms with Crippen LogP contribution >= 0.6 is 0 Å². The lowest BCUT2D eigenvalue weighted by Gasteiger charge is -2.39. The van der Waals surface area contributed by atoms with E-state index in [1.54, 1.807) is 7.11 Å². The van der Waals surface area contributed by atoms with E-state index < -0.39 is 0 Å². The third-order valence-electron chi connectivity index (χ3n) is 4.20. The summed E-state index contributed by atoms with van der Waals surface area (Å²) in [6.45, 7) is 7.73. The molecule has 1 aliphatic rings. The topological polar surface area (TPSA) is 21.3 Å². The van der Waals surface area contributed by atoms with Crippen LogP contribution in [0.3, 0.4) is 0 Å². The molecular weight excluding hydrogens is 210 g/mol. The van der Waals surface area contributed by atoms with Crippen molar-refractivity contribution in [3.05, 3.63) is 28.8 Å². The molecule has 0 unspecified atom stereocenters. The molecule has 0 amide bonds. The lowest BCUT2D eigenvalue weighted by atomic mass is 9.78. The van der Waals surface area contributed by atoms with Gasteiger partial charge in [-0.15, -0.1) is 0 Å². The number of ether oxygens (including phenoxy) is 1. The van der Waals surface area contributed by atoms with Crippen LogP contribution in [0.25, 0.3) is 0 Å². The minimum atomic E-state index is 0.147. The number of methoxy groups -OCH3 is 1. The molecule has 1 heterocycles. The number of rotatable bonds is 3. The summed E-state index contributed by atoms with van der Waals surface area (Å²) >= 11 is 0. The second kappa shape index (κ2) is 4.69. The fourth-order valence-electron chi connectivity index (χ4n) is 3.03. The highest BCUT2D eigenvalue weighted by Crippen LogP contribution is 2.37. The SMILES string of the molecule is CCC1(CC)NCCc2cc(C)c(OC)cc21. The van der Waals surface area contributed by atoms with E-state index in [2.05, 4.69) is 38.2 Å². The van der Waals surface area contributed by atoms with Crippen LogP contribution in [-0.2, 0) is 12.0 Å². The van der Waals surface area contributed by atoms with E-state index in [4.69, 9.17) is 4.74 Å². The number of aryl methyl sites for hydroxylation is 1. The van der Waals surface area contributed by atoms with Gasteiger partial charge in [0.1, 0.15) is 5.75 Å². The molecule has 94 valence electrons. The molecule has 0 atom stereocenters. The number of benzene rings is 1. The minimum absolute atomic E-state index is 0.147. The maximum atomic E-state index is 5.47. The summed E-state index contributed by atoms with van der Waals surface area (Å²) < 4.78 is 5.47. The molecular formula is C15H23NO. The van der Waals surface area contributed by atoms with E-state index in [9.17, 15) is 0 Å². The Kier molecular flexibility index (Phi) is 3.43. The van der Waals surface area contributed by atoms with Crippen LogP contribution in [0.15, 0.2) is 12.1 Å². The smallest absolute Gasteiger partial charge is 0.122 e. The van der Waals surface area contributed by atoms with E-state index in [1.807, 2.05) is 0 Å². The average Bonchev–Trinajstić information content (AvgIpc) is 2.37. The maximum absolute atomic E-state index is 5.47. The molecule has 2 rings (SSSR count). The molecule has 2 nitrogen and oxygen atoms in total. The van der Waals surface area contributed by atoms with Crippen molar-refractivity contribution in [2.24, 2.45) is 0 Å². The van der Waals surface area contributed by atoms with E-state index in [0.717, 1.165) is 31.6 Å². The van der Waals surface area contributed by atoms with Crippen molar-refractivity contribution in [1.82, 2.24) is 5.32 Å². The Labute approximate surface area is 104 Å². The first-order valence-corrected chi connectivity index (χ1v) is 6.60. The predicted octanol–water partition coefficient (Wildman–Crippen LogP) is 3.16. The molecule has 17 heavy (non-hydrogen) atoms. The predicted molar refractivity (Wildman–Crippen MR) is 71.7 cm³/mol. The second-order valence-electron chi connectivity index (χ2n) is 4.94. The Morgan fingerprint density at radius 1 is 1.29 bits per heavy atom. The minimum Gasteiger partial charge on any atom is -0.496 e. The van der Waals surface area contributed by atoms with Crippen molar-refractivity contribution in [3.63, 3.8) is 0 Å². The summed E-state index contributed by atoms with van der Waals surface area (Å²) in [7, 11) is 1.75. The van der Waals surface area contributed by atoms with E-state index in [1.165, 1.54) is 16.7 Å². The Hall–Kier alpha value is -1.02. The van der Waals surface area contributed by atoms with Crippen LogP contribution in [0.5, 0.6) is 5.75 Å². The summed E-state index contributed by atoms with van der Waals surface area (Å²) in [6, 6.07) is 4.54. The van der Waals surface area contributed by atoms with Crippen molar-refractivity contribution in [1.29, 1.82) is 0 Å². The van der Waals surface area contributed by atoms with Crippen molar-refractivity contribution in [3.8, 4) is 5.75 Å². The van der Waals surface area contributed by atoms with Crippen LogP contribution in [0.2, 0.25) is 0 Å². The first kappa shape index (κ1) is 12.4. The van der Waals surface area contributed by atoms with Crippen molar-refractivity contribution in [2.45, 2.75) is 45.6 Å². The number of hydrogen-bond donors (Lipinski definition) is 1. The molecule has 0 spiro atoms. The molecule has 1 aromatic rings. The maximum Gasteiger partial charge on any atom is 0.122 e. The normalized spacial score (nSPS) is 17.6. The summed E-state index contributed by atoms with van der Waals surface area (Å²) in [5.41, 5.74) is 4.32. The molecule has 2 heteroatoms. The molecule has 0 bridgehead atoms. The largest absolute Gasteiger partial charge is 0.496 e. The quantitative estimate of drug-likeness (QED) is 0.866. The monoisotopic (exact) mass is 233 g/mol. The molecule has 0 fully saturated rings. The van der Waals surface area contributed by atoms with Gasteiger partial charge < -0.3 is 10.1 Å². The highest BCUT2D eigenvalue weighted by atomic mass is 16.5. The number of nitrogens with one attached hydrogen (secondary N) is 1. The summed E-state index contributed by atoms with van der Waals surface area (Å²) in [4.78, 5) is 0. The van der Waals surface area contributed by atoms with Gasteiger partial charge in [-0.05, 0) is 48.9 Å². The lowest BCUT2D eigenvalue weighted by molar-refractivity contribution is 0.291. The average molecular weight is 233 g/mol. The standard InChI is InChI=1S/C15H23NO/c1-5-15(6-2)13-10-14(17-4)11(3)9-12(13)7-8-16-15/h9-10,16H,5-8H2,1-4H3. The molecule has 1 aliphatic heterocycles. The second-order valence-corrected chi connectivity index (χ2v) is 4.94. The number of hydrogen-bond acceptors (Lipinski definition) is 2. The Balaban J connectivity index is 2.56. The fourth-order valence-corrected chi connectivity index (χ4v) is 3.03. The van der Waals surface area contributed by atoms with Crippen LogP contribution in [0.1, 0.15) is 43.4 Å². The van der Waals surface area contributed by atoms with Crippen molar-refractivity contribution >= 4 is 0 Å². The zero-order valence-electron chi connectivity index (χ0n) is 11.4. The van der Waals surface area contributed by atoms with Gasteiger partial charge in [-0.25, -0.2) is 0 Å². The van der Waals surface area contributed by atoms with Gasteiger partial charge in [0.05, 0.1) is 7.11 Å². The zero-order chi connectivity index (χ0) is 12.5. The number of fused-ring (bicyclic) bond motifs is 1. The van der Waals surface area contributed by atoms with E-state index in [-0.39, 0.29) is 5.54 Å². The molecule has 0 aromatic heterocycles. The first-order chi connectivity index (χ1) is 8.16. The van der Waals surface area contributed by atoms with Crippen LogP contribution in [-0.4, -0.2) is 13.7 Å². The molecule has 0 radical (unpaired) electrons. The van der Waals surface area contributed by atoms with E-state index >= 15 is 0 Å². The molecule has 1 N–H and O–H groups in total. The Bertz CT molecular complexity index is 408. The molecule has 0 aliphatic carbocycles.